The van der Waals surface area contributed by atoms with Crippen molar-refractivity contribution in [1.29, 1.82) is 0 Å². The Labute approximate surface area is 103 Å². The van der Waals surface area contributed by atoms with Gasteiger partial charge < -0.3 is 9.14 Å². The molecule has 2 aromatic heterocycles. The van der Waals surface area contributed by atoms with E-state index in [1.165, 1.54) is 0 Å². The zero-order chi connectivity index (χ0) is 12.5. The molecule has 1 atom stereocenters. The number of hydrogen-bond donors (Lipinski definition) is 1. The predicted molar refractivity (Wildman–Crippen MR) is 62.0 cm³/mol. The molecule has 0 saturated carbocycles. The van der Waals surface area contributed by atoms with Crippen LogP contribution < -0.4 is 10.1 Å². The highest BCUT2D eigenvalue weighted by Gasteiger charge is 2.28. The third-order valence-corrected chi connectivity index (χ3v) is 2.85. The number of amides is 2. The monoisotopic (exact) mass is 245 g/mol. The molecular weight excluding hydrogens is 234 g/mol. The summed E-state index contributed by atoms with van der Waals surface area (Å²) in [6.45, 7) is 0. The van der Waals surface area contributed by atoms with Crippen LogP contribution in [0.4, 0.5) is 0 Å². The molecule has 3 rings (SSSR count). The van der Waals surface area contributed by atoms with Gasteiger partial charge in [0, 0.05) is 12.8 Å². The summed E-state index contributed by atoms with van der Waals surface area (Å²) >= 11 is 0. The molecule has 2 aromatic rings. The Kier molecular flexibility index (Phi) is 2.47. The van der Waals surface area contributed by atoms with Gasteiger partial charge in [-0.3, -0.25) is 14.9 Å². The van der Waals surface area contributed by atoms with E-state index in [1.807, 2.05) is 6.07 Å². The van der Waals surface area contributed by atoms with Crippen LogP contribution in [0.1, 0.15) is 12.8 Å². The van der Waals surface area contributed by atoms with Crippen molar-refractivity contribution >= 4 is 17.3 Å². The van der Waals surface area contributed by atoms with Crippen LogP contribution in [0.5, 0.6) is 5.75 Å². The predicted octanol–water partition coefficient (Wildman–Crippen LogP) is 0.518. The van der Waals surface area contributed by atoms with Crippen molar-refractivity contribution in [2.24, 2.45) is 0 Å². The van der Waals surface area contributed by atoms with E-state index < -0.39 is 6.10 Å². The van der Waals surface area contributed by atoms with Gasteiger partial charge in [-0.15, -0.1) is 0 Å². The van der Waals surface area contributed by atoms with Gasteiger partial charge in [0.05, 0.1) is 24.2 Å². The topological polar surface area (TPSA) is 72.7 Å². The Bertz CT molecular complexity index is 620. The molecule has 1 unspecified atom stereocenters. The zero-order valence-electron chi connectivity index (χ0n) is 9.50. The second-order valence-corrected chi connectivity index (χ2v) is 4.15. The van der Waals surface area contributed by atoms with Crippen molar-refractivity contribution in [2.45, 2.75) is 18.9 Å². The summed E-state index contributed by atoms with van der Waals surface area (Å²) in [5.74, 6) is -0.0445. The van der Waals surface area contributed by atoms with Crippen molar-refractivity contribution in [1.82, 2.24) is 14.7 Å². The lowest BCUT2D eigenvalue weighted by Crippen LogP contribution is -2.46. The number of hydrogen-bond acceptors (Lipinski definition) is 4. The summed E-state index contributed by atoms with van der Waals surface area (Å²) in [5.41, 5.74) is 0.950. The van der Waals surface area contributed by atoms with Crippen LogP contribution in [0, 0.1) is 0 Å². The van der Waals surface area contributed by atoms with Crippen LogP contribution in [-0.2, 0) is 9.59 Å². The quantitative estimate of drug-likeness (QED) is 0.783. The van der Waals surface area contributed by atoms with Gasteiger partial charge in [-0.25, -0.2) is 4.98 Å². The minimum Gasteiger partial charge on any atom is -0.479 e. The second-order valence-electron chi connectivity index (χ2n) is 4.15. The summed E-state index contributed by atoms with van der Waals surface area (Å²) in [6.07, 6.45) is 5.26. The standard InChI is InChI=1S/C12H11N3O3/c16-11-4-3-10(12(17)14-11)18-9-2-1-8-5-13-7-15(8)6-9/h1-2,5-7,10H,3-4H2,(H,14,16,17). The van der Waals surface area contributed by atoms with Crippen LogP contribution in [0.2, 0.25) is 0 Å². The number of ether oxygens (including phenoxy) is 1. The number of nitrogens with one attached hydrogen (secondary N) is 1. The SMILES string of the molecule is O=C1CCC(Oc2ccc3cncn3c2)C(=O)N1. The number of imide groups is 1. The highest BCUT2D eigenvalue weighted by Crippen LogP contribution is 2.17. The molecule has 0 spiro atoms. The maximum atomic E-state index is 11.5. The molecule has 2 amide bonds. The highest BCUT2D eigenvalue weighted by atomic mass is 16.5. The number of nitrogens with zero attached hydrogens (tertiary/aromatic N) is 2. The van der Waals surface area contributed by atoms with Gasteiger partial charge in [0.15, 0.2) is 6.10 Å². The van der Waals surface area contributed by atoms with Gasteiger partial charge in [0.2, 0.25) is 5.91 Å². The molecule has 18 heavy (non-hydrogen) atoms. The zero-order valence-corrected chi connectivity index (χ0v) is 9.50. The number of imidazole rings is 1. The Morgan fingerprint density at radius 2 is 2.28 bits per heavy atom. The fourth-order valence-corrected chi connectivity index (χ4v) is 1.92. The van der Waals surface area contributed by atoms with E-state index in [0.29, 0.717) is 18.6 Å². The minimum absolute atomic E-state index is 0.245. The first-order chi connectivity index (χ1) is 8.72. The first-order valence-corrected chi connectivity index (χ1v) is 5.64. The molecule has 0 bridgehead atoms. The summed E-state index contributed by atoms with van der Waals surface area (Å²) in [6, 6.07) is 3.63. The third-order valence-electron chi connectivity index (χ3n) is 2.85. The van der Waals surface area contributed by atoms with Crippen LogP contribution in [-0.4, -0.2) is 27.3 Å². The molecular formula is C12H11N3O3. The Hall–Kier alpha value is -2.37. The van der Waals surface area contributed by atoms with E-state index in [1.54, 1.807) is 29.2 Å². The normalized spacial score (nSPS) is 19.9. The van der Waals surface area contributed by atoms with Crippen LogP contribution in [0.3, 0.4) is 0 Å². The number of aromatic nitrogens is 2. The fourth-order valence-electron chi connectivity index (χ4n) is 1.92. The molecule has 1 fully saturated rings. The summed E-state index contributed by atoms with van der Waals surface area (Å²) in [5, 5.41) is 2.26. The van der Waals surface area contributed by atoms with Gasteiger partial charge in [-0.05, 0) is 12.1 Å². The number of rotatable bonds is 2. The van der Waals surface area contributed by atoms with Crippen molar-refractivity contribution in [3.63, 3.8) is 0 Å². The number of carbonyl (C=O) groups is 2. The summed E-state index contributed by atoms with van der Waals surface area (Å²) in [7, 11) is 0. The van der Waals surface area contributed by atoms with E-state index in [2.05, 4.69) is 10.3 Å². The number of carbonyl (C=O) groups excluding carboxylic acids is 2. The first kappa shape index (κ1) is 10.8. The summed E-state index contributed by atoms with van der Waals surface area (Å²) < 4.78 is 7.39. The summed E-state index contributed by atoms with van der Waals surface area (Å²) in [4.78, 5) is 26.6. The lowest BCUT2D eigenvalue weighted by molar-refractivity contribution is -0.138. The van der Waals surface area contributed by atoms with E-state index >= 15 is 0 Å². The Morgan fingerprint density at radius 1 is 1.39 bits per heavy atom. The molecule has 6 nitrogen and oxygen atoms in total. The molecule has 1 aliphatic rings. The Balaban J connectivity index is 1.79. The smallest absolute Gasteiger partial charge is 0.267 e. The molecule has 0 radical (unpaired) electrons. The second kappa shape index (κ2) is 4.14. The largest absolute Gasteiger partial charge is 0.479 e. The minimum atomic E-state index is -0.608. The average Bonchev–Trinajstić information content (AvgIpc) is 2.80. The van der Waals surface area contributed by atoms with Crippen molar-refractivity contribution in [3.8, 4) is 5.75 Å². The molecule has 92 valence electrons. The van der Waals surface area contributed by atoms with Crippen molar-refractivity contribution in [2.75, 3.05) is 0 Å². The average molecular weight is 245 g/mol. The fraction of sp³-hybridized carbons (Fsp3) is 0.250. The third kappa shape index (κ3) is 1.92. The molecule has 6 heteroatoms. The van der Waals surface area contributed by atoms with Gasteiger partial charge in [0.1, 0.15) is 5.75 Å². The van der Waals surface area contributed by atoms with Gasteiger partial charge >= 0.3 is 0 Å². The lowest BCUT2D eigenvalue weighted by atomic mass is 10.1. The molecule has 0 aliphatic carbocycles. The van der Waals surface area contributed by atoms with Crippen molar-refractivity contribution in [3.05, 3.63) is 30.9 Å². The van der Waals surface area contributed by atoms with E-state index in [-0.39, 0.29) is 11.8 Å². The van der Waals surface area contributed by atoms with Gasteiger partial charge in [-0.2, -0.15) is 0 Å². The molecule has 1 N–H and O–H groups in total. The van der Waals surface area contributed by atoms with Crippen LogP contribution in [0.15, 0.2) is 30.9 Å². The van der Waals surface area contributed by atoms with E-state index in [0.717, 1.165) is 5.52 Å². The molecule has 3 heterocycles. The number of pyridine rings is 1. The molecule has 0 aromatic carbocycles. The van der Waals surface area contributed by atoms with E-state index in [9.17, 15) is 9.59 Å². The highest BCUT2D eigenvalue weighted by molar-refractivity contribution is 5.99. The van der Waals surface area contributed by atoms with Gasteiger partial charge in [0.25, 0.3) is 5.91 Å². The Morgan fingerprint density at radius 3 is 3.11 bits per heavy atom. The maximum Gasteiger partial charge on any atom is 0.267 e. The van der Waals surface area contributed by atoms with E-state index in [4.69, 9.17) is 4.74 Å². The lowest BCUT2D eigenvalue weighted by Gasteiger charge is -2.21. The number of piperidine rings is 1. The van der Waals surface area contributed by atoms with Crippen LogP contribution >= 0.6 is 0 Å². The van der Waals surface area contributed by atoms with Gasteiger partial charge in [-0.1, -0.05) is 0 Å². The molecule has 1 saturated heterocycles. The molecule has 1 aliphatic heterocycles. The van der Waals surface area contributed by atoms with Crippen molar-refractivity contribution < 1.29 is 14.3 Å². The number of fused-ring (bicyclic) bond motifs is 1. The maximum absolute atomic E-state index is 11.5. The van der Waals surface area contributed by atoms with Crippen LogP contribution in [0.25, 0.3) is 5.52 Å². The first-order valence-electron chi connectivity index (χ1n) is 5.64.